The second-order valence-corrected chi connectivity index (χ2v) is 4.30. The molecule has 3 nitrogen and oxygen atoms in total. The fourth-order valence-electron chi connectivity index (χ4n) is 2.04. The maximum absolute atomic E-state index is 10.1. The molecule has 1 rings (SSSR count). The third kappa shape index (κ3) is 3.56. The van der Waals surface area contributed by atoms with Crippen LogP contribution in [0.1, 0.15) is 33.1 Å². The van der Waals surface area contributed by atoms with Crippen molar-refractivity contribution in [2.75, 3.05) is 32.8 Å². The van der Waals surface area contributed by atoms with Crippen molar-refractivity contribution in [1.82, 2.24) is 4.90 Å². The van der Waals surface area contributed by atoms with Gasteiger partial charge in [0, 0.05) is 19.6 Å². The van der Waals surface area contributed by atoms with E-state index in [0.717, 1.165) is 38.9 Å². The molecule has 1 unspecified atom stereocenters. The third-order valence-corrected chi connectivity index (χ3v) is 2.68. The van der Waals surface area contributed by atoms with Crippen LogP contribution in [0.15, 0.2) is 0 Å². The Morgan fingerprint density at radius 3 is 2.36 bits per heavy atom. The van der Waals surface area contributed by atoms with Crippen LogP contribution in [0.4, 0.5) is 0 Å². The van der Waals surface area contributed by atoms with Gasteiger partial charge in [-0.3, -0.25) is 0 Å². The highest BCUT2D eigenvalue weighted by atomic mass is 16.5. The molecule has 14 heavy (non-hydrogen) atoms. The normalized spacial score (nSPS) is 27.4. The summed E-state index contributed by atoms with van der Waals surface area (Å²) in [5, 5.41) is 10.1. The average molecular weight is 201 g/mol. The van der Waals surface area contributed by atoms with Crippen molar-refractivity contribution in [3.8, 4) is 0 Å². The van der Waals surface area contributed by atoms with Crippen molar-refractivity contribution in [3.05, 3.63) is 0 Å². The van der Waals surface area contributed by atoms with Gasteiger partial charge in [0.1, 0.15) is 5.60 Å². The van der Waals surface area contributed by atoms with Gasteiger partial charge in [-0.25, -0.2) is 0 Å². The van der Waals surface area contributed by atoms with Crippen molar-refractivity contribution in [3.63, 3.8) is 0 Å². The minimum atomic E-state index is -0.579. The summed E-state index contributed by atoms with van der Waals surface area (Å²) >= 11 is 0. The van der Waals surface area contributed by atoms with Crippen molar-refractivity contribution in [2.45, 2.75) is 38.7 Å². The van der Waals surface area contributed by atoms with E-state index in [-0.39, 0.29) is 0 Å². The van der Waals surface area contributed by atoms with Gasteiger partial charge in [-0.15, -0.1) is 0 Å². The first-order chi connectivity index (χ1) is 6.70. The molecule has 1 saturated heterocycles. The Kier molecular flexibility index (Phi) is 4.85. The first-order valence-corrected chi connectivity index (χ1v) is 5.72. The molecule has 84 valence electrons. The molecule has 0 saturated carbocycles. The second-order valence-electron chi connectivity index (χ2n) is 4.30. The van der Waals surface area contributed by atoms with E-state index in [2.05, 4.69) is 18.7 Å². The molecule has 1 heterocycles. The van der Waals surface area contributed by atoms with Crippen molar-refractivity contribution in [2.24, 2.45) is 0 Å². The first kappa shape index (κ1) is 12.0. The molecule has 1 aliphatic rings. The molecule has 0 bridgehead atoms. The van der Waals surface area contributed by atoms with Crippen LogP contribution in [0, 0.1) is 0 Å². The summed E-state index contributed by atoms with van der Waals surface area (Å²) in [5.74, 6) is 0. The topological polar surface area (TPSA) is 32.7 Å². The van der Waals surface area contributed by atoms with Gasteiger partial charge in [-0.2, -0.15) is 0 Å². The Balaban J connectivity index is 2.36. The molecule has 0 amide bonds. The number of aliphatic hydroxyl groups is 1. The number of nitrogens with zero attached hydrogens (tertiary/aromatic N) is 1. The fraction of sp³-hybridized carbons (Fsp3) is 1.00. The van der Waals surface area contributed by atoms with Gasteiger partial charge in [0.05, 0.1) is 6.61 Å². The van der Waals surface area contributed by atoms with E-state index in [0.29, 0.717) is 13.2 Å². The molecular formula is C11H23NO2. The molecule has 0 radical (unpaired) electrons. The highest BCUT2D eigenvalue weighted by molar-refractivity contribution is 4.85. The maximum Gasteiger partial charge on any atom is 0.103 e. The Morgan fingerprint density at radius 2 is 1.93 bits per heavy atom. The van der Waals surface area contributed by atoms with Gasteiger partial charge in [0.15, 0.2) is 0 Å². The Morgan fingerprint density at radius 1 is 1.29 bits per heavy atom. The monoisotopic (exact) mass is 201 g/mol. The summed E-state index contributed by atoms with van der Waals surface area (Å²) < 4.78 is 5.24. The number of hydrogen-bond acceptors (Lipinski definition) is 3. The molecule has 3 heteroatoms. The molecule has 1 fully saturated rings. The molecule has 0 aliphatic carbocycles. The second kappa shape index (κ2) is 5.69. The summed E-state index contributed by atoms with van der Waals surface area (Å²) in [6.45, 7) is 8.51. The van der Waals surface area contributed by atoms with Gasteiger partial charge >= 0.3 is 0 Å². The molecular weight excluding hydrogens is 178 g/mol. The van der Waals surface area contributed by atoms with Crippen LogP contribution in [-0.2, 0) is 4.74 Å². The summed E-state index contributed by atoms with van der Waals surface area (Å²) in [5.41, 5.74) is -0.579. The summed E-state index contributed by atoms with van der Waals surface area (Å²) in [7, 11) is 0. The molecule has 0 aromatic heterocycles. The van der Waals surface area contributed by atoms with Crippen molar-refractivity contribution >= 4 is 0 Å². The number of ether oxygens (including phenoxy) is 1. The zero-order valence-electron chi connectivity index (χ0n) is 9.46. The smallest absolute Gasteiger partial charge is 0.103 e. The maximum atomic E-state index is 10.1. The quantitative estimate of drug-likeness (QED) is 0.702. The number of hydrogen-bond donors (Lipinski definition) is 1. The minimum Gasteiger partial charge on any atom is -0.386 e. The summed E-state index contributed by atoms with van der Waals surface area (Å²) in [6, 6.07) is 0. The number of rotatable bonds is 6. The Labute approximate surface area is 87.1 Å². The Hall–Kier alpha value is -0.120. The molecule has 0 spiro atoms. The van der Waals surface area contributed by atoms with Crippen LogP contribution in [0.5, 0.6) is 0 Å². The lowest BCUT2D eigenvalue weighted by Crippen LogP contribution is -2.44. The van der Waals surface area contributed by atoms with Gasteiger partial charge in [-0.1, -0.05) is 13.8 Å². The van der Waals surface area contributed by atoms with Gasteiger partial charge in [0.25, 0.3) is 0 Å². The summed E-state index contributed by atoms with van der Waals surface area (Å²) in [6.07, 6.45) is 3.09. The van der Waals surface area contributed by atoms with Crippen LogP contribution >= 0.6 is 0 Å². The van der Waals surface area contributed by atoms with E-state index in [1.165, 1.54) is 0 Å². The third-order valence-electron chi connectivity index (χ3n) is 2.68. The van der Waals surface area contributed by atoms with Crippen LogP contribution in [-0.4, -0.2) is 48.5 Å². The van der Waals surface area contributed by atoms with Crippen LogP contribution in [0.3, 0.4) is 0 Å². The minimum absolute atomic E-state index is 0.511. The van der Waals surface area contributed by atoms with E-state index >= 15 is 0 Å². The predicted molar refractivity (Wildman–Crippen MR) is 57.4 cm³/mol. The fourth-order valence-corrected chi connectivity index (χ4v) is 2.04. The SMILES string of the molecule is CCCN(CCC)CC1(O)CCOC1. The zero-order valence-corrected chi connectivity index (χ0v) is 9.46. The predicted octanol–water partition coefficient (Wildman–Crippen LogP) is 1.26. The standard InChI is InChI=1S/C11H23NO2/c1-3-6-12(7-4-2)9-11(13)5-8-14-10-11/h13H,3-10H2,1-2H3. The Bertz CT molecular complexity index is 149. The molecule has 1 atom stereocenters. The van der Waals surface area contributed by atoms with E-state index in [9.17, 15) is 5.11 Å². The van der Waals surface area contributed by atoms with Crippen molar-refractivity contribution in [1.29, 1.82) is 0 Å². The highest BCUT2D eigenvalue weighted by Gasteiger charge is 2.33. The van der Waals surface area contributed by atoms with Crippen molar-refractivity contribution < 1.29 is 9.84 Å². The van der Waals surface area contributed by atoms with Gasteiger partial charge in [0.2, 0.25) is 0 Å². The lowest BCUT2D eigenvalue weighted by atomic mass is 10.0. The average Bonchev–Trinajstić information content (AvgIpc) is 2.53. The van der Waals surface area contributed by atoms with Gasteiger partial charge < -0.3 is 14.7 Å². The van der Waals surface area contributed by atoms with Gasteiger partial charge in [-0.05, 0) is 25.9 Å². The van der Waals surface area contributed by atoms with Crippen LogP contribution < -0.4 is 0 Å². The molecule has 0 aromatic rings. The van der Waals surface area contributed by atoms with E-state index in [1.807, 2.05) is 0 Å². The molecule has 1 aliphatic heterocycles. The van der Waals surface area contributed by atoms with Crippen LogP contribution in [0.25, 0.3) is 0 Å². The van der Waals surface area contributed by atoms with E-state index in [1.54, 1.807) is 0 Å². The van der Waals surface area contributed by atoms with E-state index in [4.69, 9.17) is 4.74 Å². The van der Waals surface area contributed by atoms with E-state index < -0.39 is 5.60 Å². The molecule has 1 N–H and O–H groups in total. The largest absolute Gasteiger partial charge is 0.386 e. The van der Waals surface area contributed by atoms with Crippen LogP contribution in [0.2, 0.25) is 0 Å². The lowest BCUT2D eigenvalue weighted by Gasteiger charge is -2.29. The highest BCUT2D eigenvalue weighted by Crippen LogP contribution is 2.19. The molecule has 0 aromatic carbocycles. The summed E-state index contributed by atoms with van der Waals surface area (Å²) in [4.78, 5) is 2.34. The zero-order chi connectivity index (χ0) is 10.4. The lowest BCUT2D eigenvalue weighted by molar-refractivity contribution is -0.00448. The first-order valence-electron chi connectivity index (χ1n) is 5.72.